The van der Waals surface area contributed by atoms with E-state index in [1.807, 2.05) is 0 Å². The molecule has 8 rings (SSSR count). The van der Waals surface area contributed by atoms with Crippen LogP contribution in [0.1, 0.15) is 47.6 Å². The Kier molecular flexibility index (Phi) is 7.03. The summed E-state index contributed by atoms with van der Waals surface area (Å²) in [4.78, 5) is 2.48. The predicted octanol–water partition coefficient (Wildman–Crippen LogP) is 11.9. The van der Waals surface area contributed by atoms with Crippen LogP contribution in [0, 0.1) is 6.92 Å². The van der Waals surface area contributed by atoms with Crippen molar-refractivity contribution < 1.29 is 0 Å². The van der Waals surface area contributed by atoms with Crippen molar-refractivity contribution in [3.8, 4) is 22.3 Å². The summed E-state index contributed by atoms with van der Waals surface area (Å²) >= 11 is 0. The third kappa shape index (κ3) is 4.71. The van der Waals surface area contributed by atoms with Crippen LogP contribution in [0.5, 0.6) is 0 Å². The highest BCUT2D eigenvalue weighted by molar-refractivity contribution is 5.91. The first kappa shape index (κ1) is 28.1. The number of hydrogen-bond acceptors (Lipinski definition) is 1. The molecule has 0 aliphatic heterocycles. The summed E-state index contributed by atoms with van der Waals surface area (Å²) in [5, 5.41) is 0. The molecule has 222 valence electrons. The van der Waals surface area contributed by atoms with Crippen molar-refractivity contribution in [2.24, 2.45) is 0 Å². The zero-order chi connectivity index (χ0) is 31.1. The second kappa shape index (κ2) is 11.5. The molecule has 0 bridgehead atoms. The Morgan fingerprint density at radius 2 is 1.09 bits per heavy atom. The molecule has 1 atom stereocenters. The molecule has 0 saturated heterocycles. The molecule has 0 spiro atoms. The molecular formula is C45H37N. The summed E-state index contributed by atoms with van der Waals surface area (Å²) in [5.74, 6) is 0. The SMILES string of the molecule is Cc1ccc(C2(C)c3ccccc3-c3ccc(N(C4=CCCC=C4c4ccccc4)c4ccc(-c5ccccc5)cc4)cc32)cc1. The Balaban J connectivity index is 1.31. The van der Waals surface area contributed by atoms with E-state index in [0.29, 0.717) is 0 Å². The van der Waals surface area contributed by atoms with Crippen LogP contribution >= 0.6 is 0 Å². The van der Waals surface area contributed by atoms with Gasteiger partial charge in [0.05, 0.1) is 0 Å². The van der Waals surface area contributed by atoms with Crippen LogP contribution in [0.25, 0.3) is 27.8 Å². The topological polar surface area (TPSA) is 3.24 Å². The molecule has 6 aromatic rings. The number of allylic oxidation sites excluding steroid dienone is 3. The van der Waals surface area contributed by atoms with E-state index < -0.39 is 0 Å². The fraction of sp³-hybridized carbons (Fsp3) is 0.111. The highest BCUT2D eigenvalue weighted by atomic mass is 15.2. The summed E-state index contributed by atoms with van der Waals surface area (Å²) in [5.41, 5.74) is 16.2. The first-order valence-corrected chi connectivity index (χ1v) is 16.3. The minimum Gasteiger partial charge on any atom is -0.310 e. The van der Waals surface area contributed by atoms with Crippen LogP contribution in [-0.4, -0.2) is 0 Å². The van der Waals surface area contributed by atoms with Crippen molar-refractivity contribution in [2.75, 3.05) is 4.90 Å². The van der Waals surface area contributed by atoms with E-state index >= 15 is 0 Å². The number of rotatable bonds is 6. The number of fused-ring (bicyclic) bond motifs is 3. The molecule has 46 heavy (non-hydrogen) atoms. The molecule has 0 N–H and O–H groups in total. The smallest absolute Gasteiger partial charge is 0.0497 e. The lowest BCUT2D eigenvalue weighted by atomic mass is 9.74. The Hall–Kier alpha value is -5.40. The molecule has 0 heterocycles. The van der Waals surface area contributed by atoms with Crippen molar-refractivity contribution in [3.05, 3.63) is 197 Å². The molecular weight excluding hydrogens is 555 g/mol. The van der Waals surface area contributed by atoms with E-state index in [1.165, 1.54) is 67.0 Å². The second-order valence-corrected chi connectivity index (χ2v) is 12.7. The Morgan fingerprint density at radius 3 is 1.83 bits per heavy atom. The molecule has 1 nitrogen and oxygen atoms in total. The Bertz CT molecular complexity index is 2080. The lowest BCUT2D eigenvalue weighted by Crippen LogP contribution is -2.24. The van der Waals surface area contributed by atoms with E-state index in [1.54, 1.807) is 0 Å². The van der Waals surface area contributed by atoms with Gasteiger partial charge in [0.25, 0.3) is 0 Å². The van der Waals surface area contributed by atoms with Crippen LogP contribution in [0.3, 0.4) is 0 Å². The summed E-state index contributed by atoms with van der Waals surface area (Å²) in [6.07, 6.45) is 6.89. The maximum absolute atomic E-state index is 2.48. The van der Waals surface area contributed by atoms with Gasteiger partial charge in [0.2, 0.25) is 0 Å². The minimum absolute atomic E-state index is 0.266. The fourth-order valence-corrected chi connectivity index (χ4v) is 7.44. The largest absolute Gasteiger partial charge is 0.310 e. The third-order valence-electron chi connectivity index (χ3n) is 9.87. The van der Waals surface area contributed by atoms with Crippen LogP contribution in [0.2, 0.25) is 0 Å². The van der Waals surface area contributed by atoms with Crippen molar-refractivity contribution >= 4 is 16.9 Å². The molecule has 0 saturated carbocycles. The average molecular weight is 592 g/mol. The van der Waals surface area contributed by atoms with Crippen LogP contribution in [-0.2, 0) is 5.41 Å². The van der Waals surface area contributed by atoms with E-state index in [9.17, 15) is 0 Å². The van der Waals surface area contributed by atoms with Gasteiger partial charge >= 0.3 is 0 Å². The van der Waals surface area contributed by atoms with E-state index in [4.69, 9.17) is 0 Å². The van der Waals surface area contributed by atoms with Crippen molar-refractivity contribution in [1.82, 2.24) is 0 Å². The van der Waals surface area contributed by atoms with Gasteiger partial charge in [-0.25, -0.2) is 0 Å². The standard InChI is InChI=1S/C45H37N/c1-32-21-25-36(26-22-32)45(2)42-19-11-9-18-40(42)41-30-29-38(31-43(41)45)46(37-27-23-34(24-28-37)33-13-5-3-6-14-33)44-20-12-10-17-39(44)35-15-7-4-8-16-35/h3-9,11,13-31H,10,12H2,1-2H3. The van der Waals surface area contributed by atoms with Gasteiger partial charge in [-0.2, -0.15) is 0 Å². The van der Waals surface area contributed by atoms with Gasteiger partial charge in [-0.1, -0.05) is 145 Å². The summed E-state index contributed by atoms with van der Waals surface area (Å²) in [7, 11) is 0. The van der Waals surface area contributed by atoms with Gasteiger partial charge in [0, 0.05) is 28.1 Å². The maximum Gasteiger partial charge on any atom is 0.0497 e. The summed E-state index contributed by atoms with van der Waals surface area (Å²) in [6.45, 7) is 4.57. The van der Waals surface area contributed by atoms with Gasteiger partial charge in [0.1, 0.15) is 0 Å². The Labute approximate surface area is 272 Å². The zero-order valence-electron chi connectivity index (χ0n) is 26.4. The number of aryl methyl sites for hydroxylation is 1. The number of hydrogen-bond donors (Lipinski definition) is 0. The molecule has 2 aliphatic carbocycles. The van der Waals surface area contributed by atoms with Gasteiger partial charge < -0.3 is 4.90 Å². The zero-order valence-corrected chi connectivity index (χ0v) is 26.4. The molecule has 0 amide bonds. The number of benzene rings is 6. The molecule has 1 heteroatoms. The quantitative estimate of drug-likeness (QED) is 0.186. The Morgan fingerprint density at radius 1 is 0.500 bits per heavy atom. The lowest BCUT2D eigenvalue weighted by molar-refractivity contribution is 0.713. The third-order valence-corrected chi connectivity index (χ3v) is 9.87. The first-order valence-electron chi connectivity index (χ1n) is 16.3. The highest BCUT2D eigenvalue weighted by Gasteiger charge is 2.41. The van der Waals surface area contributed by atoms with E-state index in [-0.39, 0.29) is 5.41 Å². The molecule has 0 radical (unpaired) electrons. The first-order chi connectivity index (χ1) is 22.6. The van der Waals surface area contributed by atoms with Crippen molar-refractivity contribution in [2.45, 2.75) is 32.1 Å². The molecule has 0 aromatic heterocycles. The number of anilines is 2. The maximum atomic E-state index is 2.48. The molecule has 0 fully saturated rings. The van der Waals surface area contributed by atoms with Gasteiger partial charge in [-0.3, -0.25) is 0 Å². The van der Waals surface area contributed by atoms with Crippen LogP contribution in [0.15, 0.2) is 170 Å². The fourth-order valence-electron chi connectivity index (χ4n) is 7.44. The average Bonchev–Trinajstić information content (AvgIpc) is 3.38. The van der Waals surface area contributed by atoms with Crippen LogP contribution < -0.4 is 4.90 Å². The van der Waals surface area contributed by atoms with Gasteiger partial charge in [-0.15, -0.1) is 0 Å². The highest BCUT2D eigenvalue weighted by Crippen LogP contribution is 2.54. The summed E-state index contributed by atoms with van der Waals surface area (Å²) in [6, 6.07) is 55.7. The second-order valence-electron chi connectivity index (χ2n) is 12.7. The van der Waals surface area contributed by atoms with Crippen LogP contribution in [0.4, 0.5) is 11.4 Å². The van der Waals surface area contributed by atoms with E-state index in [2.05, 4.69) is 183 Å². The van der Waals surface area contributed by atoms with Crippen molar-refractivity contribution in [1.29, 1.82) is 0 Å². The monoisotopic (exact) mass is 591 g/mol. The predicted molar refractivity (Wildman–Crippen MR) is 194 cm³/mol. The van der Waals surface area contributed by atoms with Crippen molar-refractivity contribution in [3.63, 3.8) is 0 Å². The molecule has 1 unspecified atom stereocenters. The van der Waals surface area contributed by atoms with Gasteiger partial charge in [-0.05, 0) is 95.5 Å². The van der Waals surface area contributed by atoms with E-state index in [0.717, 1.165) is 18.5 Å². The minimum atomic E-state index is -0.266. The number of nitrogens with zero attached hydrogens (tertiary/aromatic N) is 1. The van der Waals surface area contributed by atoms with Gasteiger partial charge in [0.15, 0.2) is 0 Å². The lowest BCUT2D eigenvalue weighted by Gasteiger charge is -2.33. The molecule has 6 aromatic carbocycles. The summed E-state index contributed by atoms with van der Waals surface area (Å²) < 4.78 is 0. The normalized spacial score (nSPS) is 16.7. The molecule has 2 aliphatic rings.